The first-order chi connectivity index (χ1) is 10.8. The summed E-state index contributed by atoms with van der Waals surface area (Å²) >= 11 is 0. The van der Waals surface area contributed by atoms with Crippen LogP contribution in [0.25, 0.3) is 0 Å². The maximum Gasteiger partial charge on any atom is 0.118 e. The van der Waals surface area contributed by atoms with Gasteiger partial charge in [0, 0.05) is 6.54 Å². The quantitative estimate of drug-likeness (QED) is 0.939. The second-order valence-electron chi connectivity index (χ2n) is 5.88. The fourth-order valence-electron chi connectivity index (χ4n) is 3.27. The molecule has 0 unspecified atom stereocenters. The number of nitrogens with zero attached hydrogens (tertiary/aromatic N) is 1. The summed E-state index contributed by atoms with van der Waals surface area (Å²) in [7, 11) is 1.68. The molecule has 1 aliphatic rings. The lowest BCUT2D eigenvalue weighted by molar-refractivity contribution is 0.00521. The summed E-state index contributed by atoms with van der Waals surface area (Å²) in [5, 5.41) is 10.5. The van der Waals surface area contributed by atoms with Crippen molar-refractivity contribution in [3.8, 4) is 5.75 Å². The van der Waals surface area contributed by atoms with Crippen LogP contribution < -0.4 is 4.74 Å². The van der Waals surface area contributed by atoms with Crippen LogP contribution in [0.5, 0.6) is 5.75 Å². The van der Waals surface area contributed by atoms with Gasteiger partial charge in [-0.25, -0.2) is 0 Å². The van der Waals surface area contributed by atoms with Crippen LogP contribution in [0.2, 0.25) is 0 Å². The first-order valence-electron chi connectivity index (χ1n) is 7.88. The van der Waals surface area contributed by atoms with Crippen LogP contribution in [0, 0.1) is 0 Å². The minimum Gasteiger partial charge on any atom is -0.497 e. The van der Waals surface area contributed by atoms with Crippen molar-refractivity contribution >= 4 is 0 Å². The average molecular weight is 297 g/mol. The molecule has 1 heterocycles. The maximum atomic E-state index is 10.5. The lowest BCUT2D eigenvalue weighted by Crippen LogP contribution is -2.41. The Morgan fingerprint density at radius 2 is 1.82 bits per heavy atom. The highest BCUT2D eigenvalue weighted by Crippen LogP contribution is 2.32. The molecule has 3 rings (SSSR count). The van der Waals surface area contributed by atoms with E-state index in [0.717, 1.165) is 31.7 Å². The third-order valence-corrected chi connectivity index (χ3v) is 4.39. The average Bonchev–Trinajstić information content (AvgIpc) is 2.56. The molecule has 0 aromatic heterocycles. The van der Waals surface area contributed by atoms with E-state index < -0.39 is 0 Å². The summed E-state index contributed by atoms with van der Waals surface area (Å²) in [6.45, 7) is 1.86. The van der Waals surface area contributed by atoms with Crippen molar-refractivity contribution in [3.63, 3.8) is 0 Å². The second-order valence-corrected chi connectivity index (χ2v) is 5.88. The van der Waals surface area contributed by atoms with Crippen molar-refractivity contribution in [2.75, 3.05) is 13.7 Å². The highest BCUT2D eigenvalue weighted by atomic mass is 16.5. The molecular formula is C19H23NO2. The smallest absolute Gasteiger partial charge is 0.118 e. The van der Waals surface area contributed by atoms with E-state index in [9.17, 15) is 5.11 Å². The van der Waals surface area contributed by atoms with Crippen molar-refractivity contribution in [2.45, 2.75) is 31.5 Å². The predicted octanol–water partition coefficient (Wildman–Crippen LogP) is 3.39. The zero-order valence-corrected chi connectivity index (χ0v) is 13.0. The standard InChI is InChI=1S/C19H23NO2/c1-22-17-11-9-15(10-12-17)14-20-13-5-8-18(21)19(20)16-6-3-2-4-7-16/h2-4,6-7,9-12,18-19,21H,5,8,13-14H2,1H3/t18-,19-/m0/s1. The molecule has 116 valence electrons. The molecule has 0 radical (unpaired) electrons. The maximum absolute atomic E-state index is 10.5. The number of hydrogen-bond acceptors (Lipinski definition) is 3. The Balaban J connectivity index is 1.80. The second kappa shape index (κ2) is 6.95. The van der Waals surface area contributed by atoms with Crippen LogP contribution in [-0.4, -0.2) is 29.8 Å². The number of rotatable bonds is 4. The van der Waals surface area contributed by atoms with Crippen molar-refractivity contribution in [1.82, 2.24) is 4.90 Å². The molecule has 3 nitrogen and oxygen atoms in total. The van der Waals surface area contributed by atoms with Gasteiger partial charge in [-0.05, 0) is 42.6 Å². The van der Waals surface area contributed by atoms with Gasteiger partial charge >= 0.3 is 0 Å². The first-order valence-corrected chi connectivity index (χ1v) is 7.88. The number of hydrogen-bond donors (Lipinski definition) is 1. The molecule has 0 bridgehead atoms. The van der Waals surface area contributed by atoms with Gasteiger partial charge in [-0.3, -0.25) is 4.90 Å². The fourth-order valence-corrected chi connectivity index (χ4v) is 3.27. The van der Waals surface area contributed by atoms with Crippen LogP contribution in [0.4, 0.5) is 0 Å². The van der Waals surface area contributed by atoms with E-state index in [1.54, 1.807) is 7.11 Å². The Hall–Kier alpha value is -1.84. The first kappa shape index (κ1) is 15.1. The number of likely N-dealkylation sites (tertiary alicyclic amines) is 1. The molecule has 0 amide bonds. The Kier molecular flexibility index (Phi) is 4.76. The highest BCUT2D eigenvalue weighted by molar-refractivity contribution is 5.28. The van der Waals surface area contributed by atoms with Gasteiger partial charge in [0.2, 0.25) is 0 Å². The molecule has 2 atom stereocenters. The molecule has 3 heteroatoms. The van der Waals surface area contributed by atoms with Crippen LogP contribution in [-0.2, 0) is 6.54 Å². The van der Waals surface area contributed by atoms with Crippen LogP contribution >= 0.6 is 0 Å². The number of benzene rings is 2. The number of piperidine rings is 1. The van der Waals surface area contributed by atoms with Crippen molar-refractivity contribution in [1.29, 1.82) is 0 Å². The Labute approximate surface area is 132 Å². The zero-order valence-electron chi connectivity index (χ0n) is 13.0. The summed E-state index contributed by atoms with van der Waals surface area (Å²) in [6, 6.07) is 18.6. The molecule has 1 aliphatic heterocycles. The molecule has 0 aliphatic carbocycles. The predicted molar refractivity (Wildman–Crippen MR) is 87.8 cm³/mol. The number of methoxy groups -OCH3 is 1. The van der Waals surface area contributed by atoms with E-state index >= 15 is 0 Å². The lowest BCUT2D eigenvalue weighted by atomic mass is 9.92. The van der Waals surface area contributed by atoms with Crippen molar-refractivity contribution in [3.05, 3.63) is 65.7 Å². The largest absolute Gasteiger partial charge is 0.497 e. The van der Waals surface area contributed by atoms with Crippen LogP contribution in [0.15, 0.2) is 54.6 Å². The normalized spacial score (nSPS) is 22.5. The van der Waals surface area contributed by atoms with Crippen molar-refractivity contribution in [2.24, 2.45) is 0 Å². The van der Waals surface area contributed by atoms with Gasteiger partial charge in [0.25, 0.3) is 0 Å². The molecule has 2 aromatic rings. The molecule has 0 spiro atoms. The number of aliphatic hydroxyl groups excluding tert-OH is 1. The Bertz CT molecular complexity index is 582. The number of aliphatic hydroxyl groups is 1. The van der Waals surface area contributed by atoms with Crippen LogP contribution in [0.3, 0.4) is 0 Å². The highest BCUT2D eigenvalue weighted by Gasteiger charge is 2.31. The van der Waals surface area contributed by atoms with E-state index in [1.165, 1.54) is 11.1 Å². The molecule has 1 fully saturated rings. The van der Waals surface area contributed by atoms with Gasteiger partial charge in [-0.15, -0.1) is 0 Å². The molecular weight excluding hydrogens is 274 g/mol. The monoisotopic (exact) mass is 297 g/mol. The number of ether oxygens (including phenoxy) is 1. The van der Waals surface area contributed by atoms with Crippen LogP contribution in [0.1, 0.15) is 30.0 Å². The van der Waals surface area contributed by atoms with E-state index in [2.05, 4.69) is 29.2 Å². The van der Waals surface area contributed by atoms with Crippen molar-refractivity contribution < 1.29 is 9.84 Å². The summed E-state index contributed by atoms with van der Waals surface area (Å²) in [5.41, 5.74) is 2.44. The third-order valence-electron chi connectivity index (χ3n) is 4.39. The SMILES string of the molecule is COc1ccc(CN2CCC[C@H](O)[C@@H]2c2ccccc2)cc1. The lowest BCUT2D eigenvalue weighted by Gasteiger charge is -2.39. The van der Waals surface area contributed by atoms with Gasteiger partial charge in [-0.1, -0.05) is 42.5 Å². The van der Waals surface area contributed by atoms with E-state index in [-0.39, 0.29) is 12.1 Å². The molecule has 1 N–H and O–H groups in total. The van der Waals surface area contributed by atoms with Gasteiger partial charge in [-0.2, -0.15) is 0 Å². The van der Waals surface area contributed by atoms with Gasteiger partial charge < -0.3 is 9.84 Å². The fraction of sp³-hybridized carbons (Fsp3) is 0.368. The third kappa shape index (κ3) is 3.32. The summed E-state index contributed by atoms with van der Waals surface area (Å²) < 4.78 is 5.21. The van der Waals surface area contributed by atoms with Gasteiger partial charge in [0.15, 0.2) is 0 Å². The molecule has 0 saturated carbocycles. The van der Waals surface area contributed by atoms with E-state index in [4.69, 9.17) is 4.74 Å². The molecule has 1 saturated heterocycles. The van der Waals surface area contributed by atoms with Gasteiger partial charge in [0.1, 0.15) is 5.75 Å². The summed E-state index contributed by atoms with van der Waals surface area (Å²) in [5.74, 6) is 0.877. The minimum atomic E-state index is -0.297. The van der Waals surface area contributed by atoms with Gasteiger partial charge in [0.05, 0.1) is 19.3 Å². The molecule has 2 aromatic carbocycles. The zero-order chi connectivity index (χ0) is 15.4. The molecule has 22 heavy (non-hydrogen) atoms. The summed E-state index contributed by atoms with van der Waals surface area (Å²) in [6.07, 6.45) is 1.62. The Morgan fingerprint density at radius 3 is 2.50 bits per heavy atom. The summed E-state index contributed by atoms with van der Waals surface area (Å²) in [4.78, 5) is 2.38. The van der Waals surface area contributed by atoms with E-state index in [1.807, 2.05) is 30.3 Å². The Morgan fingerprint density at radius 1 is 1.09 bits per heavy atom. The van der Waals surface area contributed by atoms with E-state index in [0.29, 0.717) is 0 Å². The minimum absolute atomic E-state index is 0.0806. The topological polar surface area (TPSA) is 32.7 Å².